The lowest BCUT2D eigenvalue weighted by Crippen LogP contribution is -2.63. The highest BCUT2D eigenvalue weighted by Crippen LogP contribution is 2.43. The van der Waals surface area contributed by atoms with Crippen LogP contribution in [0.3, 0.4) is 0 Å². The number of amidine groups is 1. The smallest absolute Gasteiger partial charge is 0.341 e. The zero-order valence-corrected chi connectivity index (χ0v) is 18.9. The number of nitrogens with two attached hydrogens (primary N) is 1. The minimum Gasteiger partial charge on any atom is -0.477 e. The van der Waals surface area contributed by atoms with Gasteiger partial charge in [-0.3, -0.25) is 9.69 Å². The highest BCUT2D eigenvalue weighted by molar-refractivity contribution is 5.91. The van der Waals surface area contributed by atoms with Crippen molar-refractivity contribution in [3.05, 3.63) is 57.4 Å². The zero-order chi connectivity index (χ0) is 23.6. The minimum absolute atomic E-state index is 0.0111. The molecule has 1 aromatic carbocycles. The van der Waals surface area contributed by atoms with E-state index in [2.05, 4.69) is 21.9 Å². The van der Waals surface area contributed by atoms with Crippen LogP contribution in [0.2, 0.25) is 0 Å². The number of nitrogen functional groups attached to an aromatic ring is 1. The Labute approximate surface area is 196 Å². The van der Waals surface area contributed by atoms with Crippen LogP contribution >= 0.6 is 0 Å². The summed E-state index contributed by atoms with van der Waals surface area (Å²) in [4.78, 5) is 33.9. The molecule has 7 rings (SSSR count). The molecular formula is C25H28FN5O3. The van der Waals surface area contributed by atoms with Crippen LogP contribution in [0, 0.1) is 0 Å². The van der Waals surface area contributed by atoms with Crippen molar-refractivity contribution in [1.29, 1.82) is 0 Å². The van der Waals surface area contributed by atoms with Crippen LogP contribution in [-0.2, 0) is 6.54 Å². The van der Waals surface area contributed by atoms with Gasteiger partial charge in [0, 0.05) is 56.1 Å². The molecule has 0 radical (unpaired) electrons. The normalized spacial score (nSPS) is 26.3. The van der Waals surface area contributed by atoms with E-state index in [1.165, 1.54) is 11.8 Å². The number of benzene rings is 1. The highest BCUT2D eigenvalue weighted by Gasteiger charge is 2.43. The van der Waals surface area contributed by atoms with Gasteiger partial charge in [-0.05, 0) is 43.4 Å². The summed E-state index contributed by atoms with van der Waals surface area (Å²) in [5.41, 5.74) is 6.59. The molecule has 3 N–H and O–H groups in total. The number of pyridine rings is 1. The molecule has 8 nitrogen and oxygen atoms in total. The van der Waals surface area contributed by atoms with Crippen molar-refractivity contribution in [2.75, 3.05) is 18.8 Å². The first-order chi connectivity index (χ1) is 16.4. The van der Waals surface area contributed by atoms with Crippen LogP contribution in [0.1, 0.15) is 65.8 Å². The van der Waals surface area contributed by atoms with E-state index in [0.717, 1.165) is 51.0 Å². The maximum atomic E-state index is 15.5. The number of aromatic carboxylic acids is 1. The molecule has 178 valence electrons. The van der Waals surface area contributed by atoms with Crippen molar-refractivity contribution in [3.63, 3.8) is 0 Å². The number of nitrogens with zero attached hydrogens (tertiary/aromatic N) is 4. The summed E-state index contributed by atoms with van der Waals surface area (Å²) in [7, 11) is 0. The van der Waals surface area contributed by atoms with Crippen molar-refractivity contribution < 1.29 is 14.3 Å². The predicted octanol–water partition coefficient (Wildman–Crippen LogP) is 3.26. The lowest BCUT2D eigenvalue weighted by Gasteiger charge is -2.53. The van der Waals surface area contributed by atoms with E-state index >= 15 is 4.39 Å². The van der Waals surface area contributed by atoms with Crippen molar-refractivity contribution in [1.82, 2.24) is 14.4 Å². The molecule has 1 aromatic heterocycles. The number of rotatable bonds is 4. The van der Waals surface area contributed by atoms with E-state index in [-0.39, 0.29) is 29.6 Å². The second kappa shape index (κ2) is 7.94. The number of fused-ring (bicyclic) bond motifs is 4. The molecule has 1 aliphatic carbocycles. The van der Waals surface area contributed by atoms with E-state index in [1.807, 2.05) is 12.1 Å². The van der Waals surface area contributed by atoms with Gasteiger partial charge < -0.3 is 20.3 Å². The van der Waals surface area contributed by atoms with Crippen LogP contribution in [0.15, 0.2) is 40.2 Å². The number of aliphatic imine (C=N–C) groups is 1. The van der Waals surface area contributed by atoms with Gasteiger partial charge >= 0.3 is 5.97 Å². The first-order valence-electron chi connectivity index (χ1n) is 12.0. The predicted molar refractivity (Wildman–Crippen MR) is 126 cm³/mol. The Morgan fingerprint density at radius 3 is 2.44 bits per heavy atom. The van der Waals surface area contributed by atoms with Crippen LogP contribution in [-0.4, -0.2) is 56.5 Å². The Kier molecular flexibility index (Phi) is 4.98. The number of piperidine rings is 2. The first kappa shape index (κ1) is 21.3. The van der Waals surface area contributed by atoms with Crippen molar-refractivity contribution in [2.45, 2.75) is 62.9 Å². The van der Waals surface area contributed by atoms with Crippen molar-refractivity contribution in [3.8, 4) is 0 Å². The van der Waals surface area contributed by atoms with Gasteiger partial charge in [-0.1, -0.05) is 12.1 Å². The maximum absolute atomic E-state index is 15.5. The molecule has 0 spiro atoms. The van der Waals surface area contributed by atoms with Gasteiger partial charge in [-0.15, -0.1) is 0 Å². The summed E-state index contributed by atoms with van der Waals surface area (Å²) in [5.74, 6) is -0.330. The fourth-order valence-electron chi connectivity index (χ4n) is 5.72. The average molecular weight is 466 g/mol. The molecule has 9 heteroatoms. The number of hydrogen-bond acceptors (Lipinski definition) is 6. The maximum Gasteiger partial charge on any atom is 0.341 e. The minimum atomic E-state index is -1.55. The number of halogens is 1. The number of anilines is 1. The Morgan fingerprint density at radius 2 is 1.79 bits per heavy atom. The first-order valence-corrected chi connectivity index (χ1v) is 12.0. The number of hydrogen-bond donors (Lipinski definition) is 2. The van der Waals surface area contributed by atoms with E-state index in [0.29, 0.717) is 17.7 Å². The van der Waals surface area contributed by atoms with E-state index in [4.69, 9.17) is 10.7 Å². The topological polar surface area (TPSA) is 104 Å². The monoisotopic (exact) mass is 465 g/mol. The largest absolute Gasteiger partial charge is 0.477 e. The molecule has 1 saturated carbocycles. The molecule has 2 bridgehead atoms. The fraction of sp³-hybridized carbons (Fsp3) is 0.480. The van der Waals surface area contributed by atoms with Crippen LogP contribution < -0.4 is 11.2 Å². The number of carbonyl (C=O) groups is 1. The van der Waals surface area contributed by atoms with Gasteiger partial charge in [-0.25, -0.2) is 14.2 Å². The van der Waals surface area contributed by atoms with Crippen LogP contribution in [0.4, 0.5) is 15.9 Å². The Hall–Kier alpha value is -3.20. The molecule has 3 saturated heterocycles. The molecule has 3 atom stereocenters. The molecular weight excluding hydrogens is 437 g/mol. The fourth-order valence-corrected chi connectivity index (χ4v) is 5.72. The SMILES string of the molecule is Nc1ccc(CN2CC3CCC2CN3C2=Nc3c(c(=O)c(C(=O)O)cn3C3CC3)C(F)C2)cc1. The summed E-state index contributed by atoms with van der Waals surface area (Å²) < 4.78 is 17.2. The number of carboxylic acid groups (broad SMARTS) is 1. The molecule has 5 heterocycles. The van der Waals surface area contributed by atoms with E-state index in [1.54, 1.807) is 4.57 Å². The van der Waals surface area contributed by atoms with Crippen LogP contribution in [0.25, 0.3) is 0 Å². The summed E-state index contributed by atoms with van der Waals surface area (Å²) in [6.07, 6.45) is 3.70. The molecule has 3 unspecified atom stereocenters. The third-order valence-corrected chi connectivity index (χ3v) is 7.66. The Balaban J connectivity index is 1.30. The molecule has 4 aliphatic heterocycles. The van der Waals surface area contributed by atoms with Crippen LogP contribution in [0.5, 0.6) is 0 Å². The summed E-state index contributed by atoms with van der Waals surface area (Å²) >= 11 is 0. The second-order valence-corrected chi connectivity index (χ2v) is 9.96. The van der Waals surface area contributed by atoms with Gasteiger partial charge in [0.25, 0.3) is 0 Å². The molecule has 34 heavy (non-hydrogen) atoms. The second-order valence-electron chi connectivity index (χ2n) is 9.96. The highest BCUT2D eigenvalue weighted by atomic mass is 19.1. The van der Waals surface area contributed by atoms with E-state index < -0.39 is 17.6 Å². The van der Waals surface area contributed by atoms with Crippen molar-refractivity contribution >= 4 is 23.3 Å². The Morgan fingerprint density at radius 1 is 1.09 bits per heavy atom. The standard InChI is InChI=1S/C25H28FN5O3/c26-20-9-21(28-24-22(20)23(32)19(25(33)34)13-31(24)16-5-6-16)30-12-17-7-8-18(30)11-29(17)10-14-1-3-15(27)4-2-14/h1-4,13,16-18,20H,5-12,27H2,(H,33,34). The van der Waals surface area contributed by atoms with Gasteiger partial charge in [0.15, 0.2) is 0 Å². The summed E-state index contributed by atoms with van der Waals surface area (Å²) in [6, 6.07) is 8.65. The number of piperazine rings is 1. The summed E-state index contributed by atoms with van der Waals surface area (Å²) in [5, 5.41) is 9.46. The van der Waals surface area contributed by atoms with Gasteiger partial charge in [0.05, 0.1) is 5.56 Å². The molecule has 5 aliphatic rings. The molecule has 2 aromatic rings. The Bertz CT molecular complexity index is 1240. The third kappa shape index (κ3) is 3.58. The molecule has 0 amide bonds. The zero-order valence-electron chi connectivity index (χ0n) is 18.9. The van der Waals surface area contributed by atoms with E-state index in [9.17, 15) is 14.7 Å². The number of alkyl halides is 1. The van der Waals surface area contributed by atoms with Gasteiger partial charge in [0.1, 0.15) is 23.4 Å². The summed E-state index contributed by atoms with van der Waals surface area (Å²) in [6.45, 7) is 2.52. The number of aromatic nitrogens is 1. The quantitative estimate of drug-likeness (QED) is 0.672. The molecule has 4 fully saturated rings. The lowest BCUT2D eigenvalue weighted by molar-refractivity contribution is 0.00921. The third-order valence-electron chi connectivity index (χ3n) is 7.66. The van der Waals surface area contributed by atoms with Gasteiger partial charge in [-0.2, -0.15) is 0 Å². The van der Waals surface area contributed by atoms with Crippen molar-refractivity contribution in [2.24, 2.45) is 4.99 Å². The number of carboxylic acids is 1. The average Bonchev–Trinajstić information content (AvgIpc) is 3.66. The lowest BCUT2D eigenvalue weighted by atomic mass is 9.89. The van der Waals surface area contributed by atoms with Gasteiger partial charge in [0.2, 0.25) is 5.43 Å².